The molecular weight excluding hydrogens is 180 g/mol. The van der Waals surface area contributed by atoms with Crippen LogP contribution in [0.5, 0.6) is 5.75 Å². The normalized spacial score (nSPS) is 9.79. The molecule has 1 aromatic rings. The molecule has 0 aliphatic carbocycles. The fourth-order valence-corrected chi connectivity index (χ4v) is 1.05. The predicted molar refractivity (Wildman–Crippen MR) is 54.4 cm³/mol. The number of benzene rings is 1. The van der Waals surface area contributed by atoms with Gasteiger partial charge in [0, 0.05) is 12.0 Å². The third-order valence-electron chi connectivity index (χ3n) is 1.77. The largest absolute Gasteiger partial charge is 0.493 e. The SMILES string of the molecule is N=C(N)CCOc1ccccc1CO. The van der Waals surface area contributed by atoms with Crippen molar-refractivity contribution in [3.05, 3.63) is 29.8 Å². The van der Waals surface area contributed by atoms with Crippen LogP contribution in [0.3, 0.4) is 0 Å². The van der Waals surface area contributed by atoms with E-state index in [4.69, 9.17) is 21.0 Å². The molecule has 1 aromatic carbocycles. The van der Waals surface area contributed by atoms with Crippen LogP contribution in [-0.4, -0.2) is 17.5 Å². The van der Waals surface area contributed by atoms with E-state index in [1.807, 2.05) is 12.1 Å². The average Bonchev–Trinajstić information content (AvgIpc) is 2.18. The molecule has 0 aliphatic heterocycles. The Kier molecular flexibility index (Phi) is 3.94. The first-order valence-electron chi connectivity index (χ1n) is 4.38. The minimum atomic E-state index is -0.0454. The fourth-order valence-electron chi connectivity index (χ4n) is 1.05. The molecule has 4 N–H and O–H groups in total. The van der Waals surface area contributed by atoms with Gasteiger partial charge in [-0.05, 0) is 6.07 Å². The first-order valence-corrected chi connectivity index (χ1v) is 4.38. The Morgan fingerprint density at radius 2 is 2.14 bits per heavy atom. The van der Waals surface area contributed by atoms with Crippen molar-refractivity contribution in [2.24, 2.45) is 5.73 Å². The van der Waals surface area contributed by atoms with Crippen molar-refractivity contribution in [2.75, 3.05) is 6.61 Å². The van der Waals surface area contributed by atoms with Crippen LogP contribution in [0.15, 0.2) is 24.3 Å². The van der Waals surface area contributed by atoms with Crippen LogP contribution < -0.4 is 10.5 Å². The van der Waals surface area contributed by atoms with E-state index in [-0.39, 0.29) is 12.4 Å². The highest BCUT2D eigenvalue weighted by Crippen LogP contribution is 2.17. The first kappa shape index (κ1) is 10.5. The molecular formula is C10H14N2O2. The van der Waals surface area contributed by atoms with Gasteiger partial charge >= 0.3 is 0 Å². The molecule has 76 valence electrons. The van der Waals surface area contributed by atoms with Gasteiger partial charge < -0.3 is 15.6 Å². The minimum Gasteiger partial charge on any atom is -0.493 e. The molecule has 0 spiro atoms. The summed E-state index contributed by atoms with van der Waals surface area (Å²) < 4.78 is 5.36. The van der Waals surface area contributed by atoms with Crippen LogP contribution in [0, 0.1) is 5.41 Å². The van der Waals surface area contributed by atoms with Crippen molar-refractivity contribution in [1.82, 2.24) is 0 Å². The van der Waals surface area contributed by atoms with Crippen molar-refractivity contribution in [3.8, 4) is 5.75 Å². The highest BCUT2D eigenvalue weighted by Gasteiger charge is 2.00. The van der Waals surface area contributed by atoms with E-state index in [0.29, 0.717) is 18.8 Å². The number of aliphatic hydroxyl groups is 1. The monoisotopic (exact) mass is 194 g/mol. The van der Waals surface area contributed by atoms with E-state index >= 15 is 0 Å². The predicted octanol–water partition coefficient (Wildman–Crippen LogP) is 0.884. The van der Waals surface area contributed by atoms with Crippen molar-refractivity contribution in [1.29, 1.82) is 5.41 Å². The van der Waals surface area contributed by atoms with Gasteiger partial charge in [-0.1, -0.05) is 18.2 Å². The molecule has 0 radical (unpaired) electrons. The molecule has 0 heterocycles. The van der Waals surface area contributed by atoms with E-state index in [9.17, 15) is 0 Å². The molecule has 0 aliphatic rings. The van der Waals surface area contributed by atoms with Crippen LogP contribution in [0.4, 0.5) is 0 Å². The van der Waals surface area contributed by atoms with Crippen molar-refractivity contribution >= 4 is 5.84 Å². The van der Waals surface area contributed by atoms with Crippen LogP contribution in [-0.2, 0) is 6.61 Å². The van der Waals surface area contributed by atoms with E-state index < -0.39 is 0 Å². The van der Waals surface area contributed by atoms with Gasteiger partial charge in [-0.25, -0.2) is 0 Å². The highest BCUT2D eigenvalue weighted by molar-refractivity contribution is 5.76. The van der Waals surface area contributed by atoms with Gasteiger partial charge in [-0.3, -0.25) is 5.41 Å². The fraction of sp³-hybridized carbons (Fsp3) is 0.300. The zero-order valence-electron chi connectivity index (χ0n) is 7.86. The second kappa shape index (κ2) is 5.24. The summed E-state index contributed by atoms with van der Waals surface area (Å²) in [5.41, 5.74) is 5.93. The Labute approximate surface area is 82.8 Å². The number of para-hydroxylation sites is 1. The van der Waals surface area contributed by atoms with Crippen LogP contribution in [0.25, 0.3) is 0 Å². The van der Waals surface area contributed by atoms with Gasteiger partial charge in [0.2, 0.25) is 0 Å². The van der Waals surface area contributed by atoms with Crippen molar-refractivity contribution < 1.29 is 9.84 Å². The molecule has 0 bridgehead atoms. The Morgan fingerprint density at radius 3 is 2.79 bits per heavy atom. The van der Waals surface area contributed by atoms with Crippen molar-refractivity contribution in [3.63, 3.8) is 0 Å². The molecule has 0 aromatic heterocycles. The van der Waals surface area contributed by atoms with E-state index in [0.717, 1.165) is 5.56 Å². The number of amidine groups is 1. The quantitative estimate of drug-likeness (QED) is 0.481. The van der Waals surface area contributed by atoms with E-state index in [1.54, 1.807) is 12.1 Å². The summed E-state index contributed by atoms with van der Waals surface area (Å²) >= 11 is 0. The highest BCUT2D eigenvalue weighted by atomic mass is 16.5. The molecule has 0 saturated carbocycles. The zero-order valence-corrected chi connectivity index (χ0v) is 7.86. The molecule has 0 saturated heterocycles. The number of nitrogens with one attached hydrogen (secondary N) is 1. The topological polar surface area (TPSA) is 79.3 Å². The summed E-state index contributed by atoms with van der Waals surface area (Å²) in [5.74, 6) is 0.753. The van der Waals surface area contributed by atoms with Gasteiger partial charge in [0.15, 0.2) is 0 Å². The summed E-state index contributed by atoms with van der Waals surface area (Å²) in [4.78, 5) is 0. The number of hydrogen-bond donors (Lipinski definition) is 3. The van der Waals surface area contributed by atoms with E-state index in [2.05, 4.69) is 0 Å². The lowest BCUT2D eigenvalue weighted by Crippen LogP contribution is -2.14. The standard InChI is InChI=1S/C10H14N2O2/c11-10(12)5-6-14-9-4-2-1-3-8(9)7-13/h1-4,13H,5-7H2,(H3,11,12). The maximum atomic E-state index is 8.98. The molecule has 0 atom stereocenters. The van der Waals surface area contributed by atoms with Gasteiger partial charge in [0.25, 0.3) is 0 Å². The Bertz CT molecular complexity index is 313. The number of hydrogen-bond acceptors (Lipinski definition) is 3. The third kappa shape index (κ3) is 3.06. The van der Waals surface area contributed by atoms with Crippen LogP contribution in [0.1, 0.15) is 12.0 Å². The first-order chi connectivity index (χ1) is 6.74. The summed E-state index contributed by atoms with van der Waals surface area (Å²) in [6.45, 7) is 0.322. The number of aliphatic hydroxyl groups excluding tert-OH is 1. The second-order valence-corrected chi connectivity index (χ2v) is 2.89. The summed E-state index contributed by atoms with van der Waals surface area (Å²) in [6, 6.07) is 7.25. The van der Waals surface area contributed by atoms with Gasteiger partial charge in [0.1, 0.15) is 5.75 Å². The summed E-state index contributed by atoms with van der Waals surface area (Å²) in [5, 5.41) is 16.0. The number of ether oxygens (including phenoxy) is 1. The second-order valence-electron chi connectivity index (χ2n) is 2.89. The lowest BCUT2D eigenvalue weighted by molar-refractivity contribution is 0.265. The Hall–Kier alpha value is -1.55. The van der Waals surface area contributed by atoms with Gasteiger partial charge in [0.05, 0.1) is 19.0 Å². The van der Waals surface area contributed by atoms with Crippen molar-refractivity contribution in [2.45, 2.75) is 13.0 Å². The smallest absolute Gasteiger partial charge is 0.124 e. The molecule has 0 amide bonds. The average molecular weight is 194 g/mol. The molecule has 0 unspecified atom stereocenters. The number of nitrogens with two attached hydrogens (primary N) is 1. The molecule has 0 fully saturated rings. The maximum Gasteiger partial charge on any atom is 0.124 e. The maximum absolute atomic E-state index is 8.98. The Morgan fingerprint density at radius 1 is 1.43 bits per heavy atom. The number of rotatable bonds is 5. The third-order valence-corrected chi connectivity index (χ3v) is 1.77. The summed E-state index contributed by atoms with van der Waals surface area (Å²) in [6.07, 6.45) is 0.403. The molecule has 4 heteroatoms. The zero-order chi connectivity index (χ0) is 10.4. The Balaban J connectivity index is 2.53. The minimum absolute atomic E-state index is 0.0454. The lowest BCUT2D eigenvalue weighted by Gasteiger charge is -2.08. The van der Waals surface area contributed by atoms with Gasteiger partial charge in [-0.15, -0.1) is 0 Å². The van der Waals surface area contributed by atoms with E-state index in [1.165, 1.54) is 0 Å². The molecule has 4 nitrogen and oxygen atoms in total. The summed E-state index contributed by atoms with van der Waals surface area (Å²) in [7, 11) is 0. The van der Waals surface area contributed by atoms with Gasteiger partial charge in [-0.2, -0.15) is 0 Å². The lowest BCUT2D eigenvalue weighted by atomic mass is 10.2. The van der Waals surface area contributed by atoms with Crippen LogP contribution >= 0.6 is 0 Å². The van der Waals surface area contributed by atoms with Crippen LogP contribution in [0.2, 0.25) is 0 Å². The molecule has 14 heavy (non-hydrogen) atoms. The molecule has 1 rings (SSSR count).